The topological polar surface area (TPSA) is 65.4 Å². The van der Waals surface area contributed by atoms with Gasteiger partial charge in [0.1, 0.15) is 5.75 Å². The van der Waals surface area contributed by atoms with Gasteiger partial charge >= 0.3 is 0 Å². The Morgan fingerprint density at radius 3 is 2.60 bits per heavy atom. The molecule has 4 nitrogen and oxygen atoms in total. The van der Waals surface area contributed by atoms with Gasteiger partial charge in [-0.15, -0.1) is 0 Å². The molecule has 1 fully saturated rings. The molecule has 20 heavy (non-hydrogen) atoms. The number of nitrogens with zero attached hydrogens (tertiary/aromatic N) is 1. The van der Waals surface area contributed by atoms with Gasteiger partial charge in [0.15, 0.2) is 0 Å². The molecule has 1 aromatic rings. The molecule has 0 aliphatic heterocycles. The van der Waals surface area contributed by atoms with Crippen LogP contribution >= 0.6 is 0 Å². The second kappa shape index (κ2) is 6.10. The fourth-order valence-electron chi connectivity index (χ4n) is 2.87. The van der Waals surface area contributed by atoms with E-state index in [1.165, 1.54) is 25.7 Å². The summed E-state index contributed by atoms with van der Waals surface area (Å²) in [5, 5.41) is 23.0. The van der Waals surface area contributed by atoms with Crippen molar-refractivity contribution in [1.82, 2.24) is 10.3 Å². The molecule has 0 atom stereocenters. The van der Waals surface area contributed by atoms with Gasteiger partial charge in [0.25, 0.3) is 0 Å². The molecule has 112 valence electrons. The summed E-state index contributed by atoms with van der Waals surface area (Å²) >= 11 is 0. The Hall–Kier alpha value is -1.13. The number of rotatable bonds is 4. The third-order valence-electron chi connectivity index (χ3n) is 4.51. The predicted molar refractivity (Wildman–Crippen MR) is 79.4 cm³/mol. The van der Waals surface area contributed by atoms with Crippen LogP contribution in [0, 0.1) is 12.3 Å². The van der Waals surface area contributed by atoms with E-state index >= 15 is 0 Å². The van der Waals surface area contributed by atoms with E-state index in [0.29, 0.717) is 29.3 Å². The number of hydrogen-bond donors (Lipinski definition) is 3. The molecule has 0 unspecified atom stereocenters. The molecule has 0 amide bonds. The lowest BCUT2D eigenvalue weighted by atomic mass is 9.75. The fourth-order valence-corrected chi connectivity index (χ4v) is 2.87. The first-order valence-corrected chi connectivity index (χ1v) is 7.43. The Balaban J connectivity index is 1.99. The van der Waals surface area contributed by atoms with Crippen LogP contribution in [0.1, 0.15) is 56.4 Å². The fraction of sp³-hybridized carbons (Fsp3) is 0.688. The van der Waals surface area contributed by atoms with Crippen LogP contribution in [0.2, 0.25) is 0 Å². The zero-order valence-corrected chi connectivity index (χ0v) is 12.7. The first kappa shape index (κ1) is 15.3. The highest BCUT2D eigenvalue weighted by Crippen LogP contribution is 2.35. The molecule has 1 saturated carbocycles. The summed E-state index contributed by atoms with van der Waals surface area (Å²) in [6.07, 6.45) is 6.46. The SMILES string of the molecule is Cc1ncc(CO)c(CNC2CCC(C)(C)CC2)c1O. The van der Waals surface area contributed by atoms with Crippen LogP contribution in [0.15, 0.2) is 6.20 Å². The van der Waals surface area contributed by atoms with Crippen molar-refractivity contribution in [3.63, 3.8) is 0 Å². The van der Waals surface area contributed by atoms with Crippen molar-refractivity contribution in [2.75, 3.05) is 0 Å². The van der Waals surface area contributed by atoms with Crippen molar-refractivity contribution in [3.05, 3.63) is 23.0 Å². The van der Waals surface area contributed by atoms with Gasteiger partial charge in [-0.3, -0.25) is 4.98 Å². The van der Waals surface area contributed by atoms with Gasteiger partial charge < -0.3 is 15.5 Å². The highest BCUT2D eigenvalue weighted by atomic mass is 16.3. The molecule has 3 N–H and O–H groups in total. The number of nitrogens with one attached hydrogen (secondary N) is 1. The van der Waals surface area contributed by atoms with E-state index in [9.17, 15) is 10.2 Å². The predicted octanol–water partition coefficient (Wildman–Crippen LogP) is 2.65. The number of aromatic hydroxyl groups is 1. The molecule has 1 heterocycles. The second-order valence-electron chi connectivity index (χ2n) is 6.67. The molecule has 1 aliphatic carbocycles. The molecular formula is C16H26N2O2. The lowest BCUT2D eigenvalue weighted by molar-refractivity contribution is 0.205. The molecule has 0 bridgehead atoms. The molecule has 4 heteroatoms. The van der Waals surface area contributed by atoms with Crippen molar-refractivity contribution in [2.45, 2.75) is 65.6 Å². The van der Waals surface area contributed by atoms with Crippen LogP contribution in [-0.4, -0.2) is 21.2 Å². The Bertz CT molecular complexity index is 462. The van der Waals surface area contributed by atoms with Gasteiger partial charge in [-0.2, -0.15) is 0 Å². The monoisotopic (exact) mass is 278 g/mol. The van der Waals surface area contributed by atoms with Crippen molar-refractivity contribution >= 4 is 0 Å². The lowest BCUT2D eigenvalue weighted by Gasteiger charge is -2.34. The number of aromatic nitrogens is 1. The minimum absolute atomic E-state index is 0.0877. The van der Waals surface area contributed by atoms with Gasteiger partial charge in [-0.25, -0.2) is 0 Å². The maximum atomic E-state index is 10.1. The Kier molecular flexibility index (Phi) is 4.66. The average Bonchev–Trinajstić information content (AvgIpc) is 2.42. The Morgan fingerprint density at radius 1 is 1.35 bits per heavy atom. The quantitative estimate of drug-likeness (QED) is 0.792. The molecular weight excluding hydrogens is 252 g/mol. The van der Waals surface area contributed by atoms with E-state index in [1.54, 1.807) is 13.1 Å². The normalized spacial score (nSPS) is 19.2. The van der Waals surface area contributed by atoms with Crippen LogP contribution in [0.4, 0.5) is 0 Å². The van der Waals surface area contributed by atoms with E-state index < -0.39 is 0 Å². The van der Waals surface area contributed by atoms with E-state index in [0.717, 1.165) is 5.56 Å². The van der Waals surface area contributed by atoms with Crippen molar-refractivity contribution in [1.29, 1.82) is 0 Å². The minimum Gasteiger partial charge on any atom is -0.506 e. The van der Waals surface area contributed by atoms with Crippen molar-refractivity contribution in [3.8, 4) is 5.75 Å². The van der Waals surface area contributed by atoms with E-state index in [2.05, 4.69) is 24.1 Å². The summed E-state index contributed by atoms with van der Waals surface area (Å²) in [5.41, 5.74) is 2.56. The zero-order valence-electron chi connectivity index (χ0n) is 12.7. The highest BCUT2D eigenvalue weighted by Gasteiger charge is 2.26. The van der Waals surface area contributed by atoms with Crippen LogP contribution < -0.4 is 5.32 Å². The molecule has 2 rings (SSSR count). The van der Waals surface area contributed by atoms with Gasteiger partial charge in [-0.1, -0.05) is 13.8 Å². The van der Waals surface area contributed by atoms with E-state index in [-0.39, 0.29) is 12.4 Å². The van der Waals surface area contributed by atoms with Crippen LogP contribution in [0.3, 0.4) is 0 Å². The molecule has 1 aromatic heterocycles. The zero-order chi connectivity index (χ0) is 14.8. The second-order valence-corrected chi connectivity index (χ2v) is 6.67. The summed E-state index contributed by atoms with van der Waals surface area (Å²) in [5.74, 6) is 0.209. The summed E-state index contributed by atoms with van der Waals surface area (Å²) in [6, 6.07) is 0.502. The average molecular weight is 278 g/mol. The van der Waals surface area contributed by atoms with Crippen LogP contribution in [0.25, 0.3) is 0 Å². The van der Waals surface area contributed by atoms with E-state index in [4.69, 9.17) is 0 Å². The van der Waals surface area contributed by atoms with Gasteiger partial charge in [0.05, 0.1) is 12.3 Å². The first-order chi connectivity index (χ1) is 9.43. The number of pyridine rings is 1. The summed E-state index contributed by atoms with van der Waals surface area (Å²) in [4.78, 5) is 4.09. The maximum Gasteiger partial charge on any atom is 0.141 e. The number of aliphatic hydroxyl groups is 1. The molecule has 1 aliphatic rings. The number of aryl methyl sites for hydroxylation is 1. The Morgan fingerprint density at radius 2 is 2.00 bits per heavy atom. The minimum atomic E-state index is -0.0877. The van der Waals surface area contributed by atoms with Crippen molar-refractivity contribution in [2.24, 2.45) is 5.41 Å². The summed E-state index contributed by atoms with van der Waals surface area (Å²) in [6.45, 7) is 6.94. The Labute approximate surface area is 121 Å². The molecule has 0 radical (unpaired) electrons. The maximum absolute atomic E-state index is 10.1. The van der Waals surface area contributed by atoms with Crippen LogP contribution in [-0.2, 0) is 13.2 Å². The summed E-state index contributed by atoms with van der Waals surface area (Å²) < 4.78 is 0. The summed E-state index contributed by atoms with van der Waals surface area (Å²) in [7, 11) is 0. The third kappa shape index (κ3) is 3.49. The largest absolute Gasteiger partial charge is 0.506 e. The van der Waals surface area contributed by atoms with Gasteiger partial charge in [-0.05, 0) is 38.0 Å². The lowest BCUT2D eigenvalue weighted by Crippen LogP contribution is -2.35. The van der Waals surface area contributed by atoms with Gasteiger partial charge in [0.2, 0.25) is 0 Å². The smallest absolute Gasteiger partial charge is 0.141 e. The number of hydrogen-bond acceptors (Lipinski definition) is 4. The molecule has 0 saturated heterocycles. The molecule has 0 spiro atoms. The van der Waals surface area contributed by atoms with Crippen LogP contribution in [0.5, 0.6) is 5.75 Å². The van der Waals surface area contributed by atoms with E-state index in [1.807, 2.05) is 0 Å². The highest BCUT2D eigenvalue weighted by molar-refractivity contribution is 5.40. The molecule has 0 aromatic carbocycles. The third-order valence-corrected chi connectivity index (χ3v) is 4.51. The van der Waals surface area contributed by atoms with Gasteiger partial charge in [0, 0.05) is 29.9 Å². The first-order valence-electron chi connectivity index (χ1n) is 7.43. The van der Waals surface area contributed by atoms with Crippen molar-refractivity contribution < 1.29 is 10.2 Å². The standard InChI is InChI=1S/C16H26N2O2/c1-11-15(20)14(12(10-19)8-17-11)9-18-13-4-6-16(2,3)7-5-13/h8,13,18-20H,4-7,9-10H2,1-3H3. The number of aliphatic hydroxyl groups excluding tert-OH is 1.